The lowest BCUT2D eigenvalue weighted by Crippen LogP contribution is -2.19. The maximum atomic E-state index is 11.7. The minimum atomic E-state index is -0.224. The van der Waals surface area contributed by atoms with Gasteiger partial charge in [0, 0.05) is 12.4 Å². The Balaban J connectivity index is 1.51. The number of thioether (sulfide) groups is 1. The lowest BCUT2D eigenvalue weighted by Gasteiger charge is -1.97. The Morgan fingerprint density at radius 1 is 1.27 bits per heavy atom. The van der Waals surface area contributed by atoms with E-state index in [9.17, 15) is 4.79 Å². The predicted molar refractivity (Wildman–Crippen MR) is 84.7 cm³/mol. The molecule has 1 N–H and O–H groups in total. The smallest absolute Gasteiger partial charge is 0.257 e. The van der Waals surface area contributed by atoms with Crippen LogP contribution in [0.2, 0.25) is 0 Å². The third kappa shape index (κ3) is 3.70. The first-order valence-electron chi connectivity index (χ1n) is 6.51. The first kappa shape index (κ1) is 14.3. The molecule has 2 aromatic heterocycles. The summed E-state index contributed by atoms with van der Waals surface area (Å²) in [6.45, 7) is 0. The molecule has 0 aliphatic carbocycles. The molecule has 7 heteroatoms. The van der Waals surface area contributed by atoms with Crippen LogP contribution in [0.25, 0.3) is 11.1 Å². The second-order valence-electron chi connectivity index (χ2n) is 4.31. The molecule has 3 aromatic rings. The van der Waals surface area contributed by atoms with E-state index in [2.05, 4.69) is 20.5 Å². The molecule has 1 aromatic carbocycles. The molecular formula is C15H12N4O2S. The summed E-state index contributed by atoms with van der Waals surface area (Å²) in [6, 6.07) is 11.1. The van der Waals surface area contributed by atoms with Crippen molar-refractivity contribution in [1.29, 1.82) is 0 Å². The molecule has 0 aliphatic heterocycles. The fourth-order valence-corrected chi connectivity index (χ4v) is 2.33. The van der Waals surface area contributed by atoms with Crippen LogP contribution in [0.15, 0.2) is 63.5 Å². The van der Waals surface area contributed by atoms with Gasteiger partial charge in [0.2, 0.25) is 0 Å². The Kier molecular flexibility index (Phi) is 4.45. The van der Waals surface area contributed by atoms with Crippen molar-refractivity contribution < 1.29 is 9.21 Å². The number of carbonyl (C=O) groups excluding carboxylic acids is 1. The molecule has 0 unspecified atom stereocenters. The number of rotatable bonds is 5. The summed E-state index contributed by atoms with van der Waals surface area (Å²) in [5, 5.41) is 4.35. The number of hydrogen-bond acceptors (Lipinski definition) is 6. The van der Waals surface area contributed by atoms with E-state index < -0.39 is 0 Å². The van der Waals surface area contributed by atoms with Crippen LogP contribution in [0.4, 0.5) is 0 Å². The number of fused-ring (bicyclic) bond motifs is 1. The normalized spacial score (nSPS) is 11.1. The van der Waals surface area contributed by atoms with Crippen molar-refractivity contribution >= 4 is 35.0 Å². The van der Waals surface area contributed by atoms with E-state index >= 15 is 0 Å². The van der Waals surface area contributed by atoms with Crippen LogP contribution >= 0.6 is 11.8 Å². The van der Waals surface area contributed by atoms with Gasteiger partial charge < -0.3 is 4.42 Å². The highest BCUT2D eigenvalue weighted by Gasteiger charge is 2.08. The summed E-state index contributed by atoms with van der Waals surface area (Å²) in [7, 11) is 0. The Morgan fingerprint density at radius 3 is 2.91 bits per heavy atom. The second kappa shape index (κ2) is 6.86. The number of hydrazone groups is 1. The number of pyridine rings is 1. The van der Waals surface area contributed by atoms with E-state index in [1.807, 2.05) is 24.3 Å². The molecule has 0 radical (unpaired) electrons. The number of para-hydroxylation sites is 2. The van der Waals surface area contributed by atoms with Crippen LogP contribution in [0, 0.1) is 0 Å². The average Bonchev–Trinajstić information content (AvgIpc) is 2.97. The Hall–Kier alpha value is -2.67. The van der Waals surface area contributed by atoms with E-state index in [0.717, 1.165) is 11.1 Å². The summed E-state index contributed by atoms with van der Waals surface area (Å²) in [6.07, 6.45) is 4.88. The van der Waals surface area contributed by atoms with Gasteiger partial charge >= 0.3 is 0 Å². The largest absolute Gasteiger partial charge is 0.431 e. The Morgan fingerprint density at radius 2 is 2.09 bits per heavy atom. The molecule has 0 saturated heterocycles. The zero-order valence-corrected chi connectivity index (χ0v) is 12.3. The number of aromatic nitrogens is 2. The molecule has 22 heavy (non-hydrogen) atoms. The van der Waals surface area contributed by atoms with Gasteiger partial charge in [-0.1, -0.05) is 23.9 Å². The Bertz CT molecular complexity index is 768. The number of oxazole rings is 1. The van der Waals surface area contributed by atoms with Gasteiger partial charge in [0.1, 0.15) is 5.52 Å². The number of nitrogens with zero attached hydrogens (tertiary/aromatic N) is 3. The van der Waals surface area contributed by atoms with Gasteiger partial charge in [-0.15, -0.1) is 0 Å². The molecule has 0 saturated carbocycles. The fourth-order valence-electron chi connectivity index (χ4n) is 1.70. The summed E-state index contributed by atoms with van der Waals surface area (Å²) < 4.78 is 5.52. The monoisotopic (exact) mass is 312 g/mol. The molecule has 1 amide bonds. The highest BCUT2D eigenvalue weighted by molar-refractivity contribution is 7.99. The zero-order valence-electron chi connectivity index (χ0n) is 11.5. The molecule has 0 bridgehead atoms. The second-order valence-corrected chi connectivity index (χ2v) is 5.24. The maximum Gasteiger partial charge on any atom is 0.257 e. The summed E-state index contributed by atoms with van der Waals surface area (Å²) >= 11 is 1.23. The summed E-state index contributed by atoms with van der Waals surface area (Å²) in [5.41, 5.74) is 4.81. The van der Waals surface area contributed by atoms with Crippen molar-refractivity contribution in [2.45, 2.75) is 5.22 Å². The predicted octanol–water partition coefficient (Wildman–Crippen LogP) is 2.47. The van der Waals surface area contributed by atoms with Crippen molar-refractivity contribution in [2.75, 3.05) is 5.75 Å². The Labute approximate surface area is 130 Å². The zero-order chi connectivity index (χ0) is 15.2. The van der Waals surface area contributed by atoms with E-state index in [4.69, 9.17) is 4.42 Å². The van der Waals surface area contributed by atoms with Crippen molar-refractivity contribution in [1.82, 2.24) is 15.4 Å². The number of nitrogens with one attached hydrogen (secondary N) is 1. The number of hydrogen-bond donors (Lipinski definition) is 1. The number of benzene rings is 1. The minimum absolute atomic E-state index is 0.181. The van der Waals surface area contributed by atoms with Gasteiger partial charge in [-0.25, -0.2) is 10.4 Å². The van der Waals surface area contributed by atoms with Crippen molar-refractivity contribution in [3.05, 3.63) is 54.4 Å². The topological polar surface area (TPSA) is 80.4 Å². The third-order valence-electron chi connectivity index (χ3n) is 2.71. The maximum absolute atomic E-state index is 11.7. The average molecular weight is 312 g/mol. The lowest BCUT2D eigenvalue weighted by atomic mass is 10.3. The first-order valence-corrected chi connectivity index (χ1v) is 7.50. The van der Waals surface area contributed by atoms with Crippen LogP contribution in [0.5, 0.6) is 0 Å². The van der Waals surface area contributed by atoms with Gasteiger partial charge in [-0.05, 0) is 29.8 Å². The van der Waals surface area contributed by atoms with Crippen molar-refractivity contribution in [3.63, 3.8) is 0 Å². The van der Waals surface area contributed by atoms with E-state index in [-0.39, 0.29) is 11.7 Å². The standard InChI is InChI=1S/C15H12N4O2S/c20-14(19-17-9-11-5-7-16-8-6-11)10-22-15-18-12-3-1-2-4-13(12)21-15/h1-9H,10H2,(H,19,20)/b17-9-. The fraction of sp³-hybridized carbons (Fsp3) is 0.0667. The van der Waals surface area contributed by atoms with E-state index in [0.29, 0.717) is 10.8 Å². The molecular weight excluding hydrogens is 300 g/mol. The molecule has 0 fully saturated rings. The van der Waals surface area contributed by atoms with Crippen molar-refractivity contribution in [3.8, 4) is 0 Å². The molecule has 6 nitrogen and oxygen atoms in total. The molecule has 0 aliphatic rings. The number of carbonyl (C=O) groups is 1. The minimum Gasteiger partial charge on any atom is -0.431 e. The molecule has 3 rings (SSSR count). The molecule has 0 atom stereocenters. The lowest BCUT2D eigenvalue weighted by molar-refractivity contribution is -0.118. The van der Waals surface area contributed by atoms with Gasteiger partial charge in [-0.3, -0.25) is 9.78 Å². The molecule has 0 spiro atoms. The van der Waals surface area contributed by atoms with Crippen LogP contribution in [0.3, 0.4) is 0 Å². The number of amides is 1. The van der Waals surface area contributed by atoms with Gasteiger partial charge in [-0.2, -0.15) is 5.10 Å². The molecule has 110 valence electrons. The van der Waals surface area contributed by atoms with Crippen molar-refractivity contribution in [2.24, 2.45) is 5.10 Å². The first-order chi connectivity index (χ1) is 10.8. The SMILES string of the molecule is O=C(CSc1nc2ccccc2o1)N/N=C\c1ccncc1. The van der Waals surface area contributed by atoms with Crippen LogP contribution in [-0.2, 0) is 4.79 Å². The van der Waals surface area contributed by atoms with Gasteiger partial charge in [0.15, 0.2) is 5.58 Å². The van der Waals surface area contributed by atoms with Crippen LogP contribution in [-0.4, -0.2) is 27.8 Å². The van der Waals surface area contributed by atoms with Crippen LogP contribution < -0.4 is 5.43 Å². The molecule has 2 heterocycles. The highest BCUT2D eigenvalue weighted by Crippen LogP contribution is 2.22. The van der Waals surface area contributed by atoms with Gasteiger partial charge in [0.05, 0.1) is 12.0 Å². The van der Waals surface area contributed by atoms with Gasteiger partial charge in [0.25, 0.3) is 11.1 Å². The summed E-state index contributed by atoms with van der Waals surface area (Å²) in [4.78, 5) is 19.9. The van der Waals surface area contributed by atoms with Crippen LogP contribution in [0.1, 0.15) is 5.56 Å². The van der Waals surface area contributed by atoms with E-state index in [1.54, 1.807) is 30.7 Å². The third-order valence-corrected chi connectivity index (χ3v) is 3.54. The summed E-state index contributed by atoms with van der Waals surface area (Å²) in [5.74, 6) is -0.0434. The highest BCUT2D eigenvalue weighted by atomic mass is 32.2. The van der Waals surface area contributed by atoms with E-state index in [1.165, 1.54) is 11.8 Å². The quantitative estimate of drug-likeness (QED) is 0.445.